The minimum atomic E-state index is 0.536. The number of benzene rings is 1. The first-order chi connectivity index (χ1) is 9.56. The molecule has 3 aromatic rings. The number of aromatic nitrogens is 4. The van der Waals surface area contributed by atoms with Crippen molar-refractivity contribution in [3.8, 4) is 17.2 Å². The summed E-state index contributed by atoms with van der Waals surface area (Å²) in [6.07, 6.45) is 0. The van der Waals surface area contributed by atoms with Crippen molar-refractivity contribution in [2.45, 2.75) is 20.8 Å². The minimum absolute atomic E-state index is 0.536. The van der Waals surface area contributed by atoms with Gasteiger partial charge in [0.05, 0.1) is 5.69 Å². The highest BCUT2D eigenvalue weighted by Crippen LogP contribution is 2.24. The molecule has 20 heavy (non-hydrogen) atoms. The molecule has 0 atom stereocenters. The van der Waals surface area contributed by atoms with Crippen LogP contribution in [0, 0.1) is 25.5 Å². The van der Waals surface area contributed by atoms with Crippen molar-refractivity contribution >= 4 is 12.2 Å². The molecule has 0 fully saturated rings. The lowest BCUT2D eigenvalue weighted by Gasteiger charge is -2.09. The van der Waals surface area contributed by atoms with Crippen LogP contribution in [0.3, 0.4) is 0 Å². The van der Waals surface area contributed by atoms with E-state index in [9.17, 15) is 0 Å². The summed E-state index contributed by atoms with van der Waals surface area (Å²) in [6.45, 7) is 5.94. The highest BCUT2D eigenvalue weighted by atomic mass is 32.1. The Morgan fingerprint density at radius 3 is 2.70 bits per heavy atom. The molecule has 0 amide bonds. The van der Waals surface area contributed by atoms with Gasteiger partial charge in [0.15, 0.2) is 16.3 Å². The first-order valence-electron chi connectivity index (χ1n) is 6.25. The second-order valence-electron chi connectivity index (χ2n) is 4.80. The predicted octanol–water partition coefficient (Wildman–Crippen LogP) is 3.51. The molecular formula is C14H14N4OS. The molecule has 0 aliphatic rings. The molecule has 6 heteroatoms. The Hall–Kier alpha value is -2.21. The smallest absolute Gasteiger partial charge is 0.200 e. The van der Waals surface area contributed by atoms with E-state index in [1.807, 2.05) is 31.4 Å². The van der Waals surface area contributed by atoms with Gasteiger partial charge in [0.25, 0.3) is 0 Å². The van der Waals surface area contributed by atoms with Crippen LogP contribution in [0.4, 0.5) is 0 Å². The van der Waals surface area contributed by atoms with Crippen molar-refractivity contribution in [3.63, 3.8) is 0 Å². The molecule has 0 saturated heterocycles. The Labute approximate surface area is 121 Å². The van der Waals surface area contributed by atoms with Gasteiger partial charge in [-0.15, -0.1) is 0 Å². The molecule has 0 radical (unpaired) electrons. The van der Waals surface area contributed by atoms with E-state index < -0.39 is 0 Å². The van der Waals surface area contributed by atoms with Gasteiger partial charge in [-0.3, -0.25) is 9.67 Å². The Kier molecular flexibility index (Phi) is 3.02. The second-order valence-corrected chi connectivity index (χ2v) is 5.19. The number of H-pyrrole nitrogens is 1. The van der Waals surface area contributed by atoms with Crippen molar-refractivity contribution in [1.29, 1.82) is 0 Å². The van der Waals surface area contributed by atoms with Crippen molar-refractivity contribution in [1.82, 2.24) is 19.9 Å². The third-order valence-corrected chi connectivity index (χ3v) is 3.41. The molecule has 5 nitrogen and oxygen atoms in total. The van der Waals surface area contributed by atoms with Crippen LogP contribution in [0.5, 0.6) is 0 Å². The Balaban J connectivity index is 2.27. The number of aromatic amines is 1. The van der Waals surface area contributed by atoms with Gasteiger partial charge in [-0.2, -0.15) is 5.10 Å². The monoisotopic (exact) mass is 286 g/mol. The molecule has 1 aromatic carbocycles. The van der Waals surface area contributed by atoms with Crippen molar-refractivity contribution in [2.75, 3.05) is 0 Å². The van der Waals surface area contributed by atoms with Crippen LogP contribution in [-0.2, 0) is 0 Å². The topological polar surface area (TPSA) is 59.6 Å². The Bertz CT molecular complexity index is 828. The lowest BCUT2D eigenvalue weighted by molar-refractivity contribution is 0.399. The standard InChI is InChI=1S/C14H14N4OS/c1-8-4-5-9(2)12(6-8)18-13(15-16-14(18)20)11-7-10(3)19-17-11/h4-7H,1-3H3,(H,16,20). The van der Waals surface area contributed by atoms with Gasteiger partial charge in [-0.05, 0) is 50.2 Å². The van der Waals surface area contributed by atoms with Crippen LogP contribution in [0.1, 0.15) is 16.9 Å². The van der Waals surface area contributed by atoms with Crippen molar-refractivity contribution in [2.24, 2.45) is 0 Å². The van der Waals surface area contributed by atoms with Crippen molar-refractivity contribution < 1.29 is 4.52 Å². The molecule has 3 rings (SSSR count). The normalized spacial score (nSPS) is 10.9. The van der Waals surface area contributed by atoms with Crippen molar-refractivity contribution in [3.05, 3.63) is 45.9 Å². The van der Waals surface area contributed by atoms with E-state index in [4.69, 9.17) is 16.7 Å². The van der Waals surface area contributed by atoms with E-state index in [0.29, 0.717) is 16.3 Å². The zero-order valence-electron chi connectivity index (χ0n) is 11.5. The summed E-state index contributed by atoms with van der Waals surface area (Å²) in [6, 6.07) is 8.06. The van der Waals surface area contributed by atoms with Gasteiger partial charge < -0.3 is 4.52 Å². The molecule has 2 heterocycles. The average Bonchev–Trinajstić information content (AvgIpc) is 2.99. The van der Waals surface area contributed by atoms with Crippen LogP contribution in [0.2, 0.25) is 0 Å². The summed E-state index contributed by atoms with van der Waals surface area (Å²) >= 11 is 5.35. The van der Waals surface area contributed by atoms with Gasteiger partial charge in [-0.1, -0.05) is 17.3 Å². The molecule has 0 unspecified atom stereocenters. The maximum Gasteiger partial charge on any atom is 0.200 e. The zero-order valence-corrected chi connectivity index (χ0v) is 12.3. The third kappa shape index (κ3) is 2.08. The molecule has 0 spiro atoms. The third-order valence-electron chi connectivity index (χ3n) is 3.13. The molecule has 0 saturated carbocycles. The Morgan fingerprint density at radius 2 is 2.00 bits per heavy atom. The van der Waals surface area contributed by atoms with Gasteiger partial charge in [0, 0.05) is 6.07 Å². The number of aryl methyl sites for hydroxylation is 3. The fraction of sp³-hybridized carbons (Fsp3) is 0.214. The number of hydrogen-bond acceptors (Lipinski definition) is 4. The van der Waals surface area contributed by atoms with E-state index in [0.717, 1.165) is 22.6 Å². The maximum atomic E-state index is 5.35. The quantitative estimate of drug-likeness (QED) is 0.732. The van der Waals surface area contributed by atoms with E-state index >= 15 is 0 Å². The van der Waals surface area contributed by atoms with Gasteiger partial charge >= 0.3 is 0 Å². The van der Waals surface area contributed by atoms with E-state index in [1.54, 1.807) is 0 Å². The number of rotatable bonds is 2. The number of nitrogens with zero attached hydrogens (tertiary/aromatic N) is 3. The predicted molar refractivity (Wildman–Crippen MR) is 78.5 cm³/mol. The largest absolute Gasteiger partial charge is 0.361 e. The van der Waals surface area contributed by atoms with Gasteiger partial charge in [-0.25, -0.2) is 0 Å². The van der Waals surface area contributed by atoms with E-state index in [2.05, 4.69) is 33.6 Å². The first-order valence-corrected chi connectivity index (χ1v) is 6.66. The Morgan fingerprint density at radius 1 is 1.20 bits per heavy atom. The minimum Gasteiger partial charge on any atom is -0.361 e. The SMILES string of the molecule is Cc1ccc(C)c(-n2c(-c3cc(C)on3)n[nH]c2=S)c1. The molecule has 1 N–H and O–H groups in total. The van der Waals surface area contributed by atoms with Crippen LogP contribution < -0.4 is 0 Å². The van der Waals surface area contributed by atoms with E-state index in [-0.39, 0.29) is 0 Å². The summed E-state index contributed by atoms with van der Waals surface area (Å²) < 4.78 is 7.54. The van der Waals surface area contributed by atoms with Crippen LogP contribution >= 0.6 is 12.2 Å². The summed E-state index contributed by atoms with van der Waals surface area (Å²) in [5.41, 5.74) is 3.95. The van der Waals surface area contributed by atoms with Crippen LogP contribution in [0.15, 0.2) is 28.8 Å². The van der Waals surface area contributed by atoms with E-state index in [1.165, 1.54) is 0 Å². The second kappa shape index (κ2) is 4.72. The lowest BCUT2D eigenvalue weighted by atomic mass is 10.1. The lowest BCUT2D eigenvalue weighted by Crippen LogP contribution is -2.01. The van der Waals surface area contributed by atoms with Gasteiger partial charge in [0.2, 0.25) is 0 Å². The van der Waals surface area contributed by atoms with Crippen LogP contribution in [0.25, 0.3) is 17.2 Å². The fourth-order valence-corrected chi connectivity index (χ4v) is 2.35. The molecule has 102 valence electrons. The van der Waals surface area contributed by atoms with Crippen LogP contribution in [-0.4, -0.2) is 19.9 Å². The number of nitrogens with one attached hydrogen (secondary N) is 1. The molecule has 0 bridgehead atoms. The fourth-order valence-electron chi connectivity index (χ4n) is 2.12. The zero-order chi connectivity index (χ0) is 14.3. The summed E-state index contributed by atoms with van der Waals surface area (Å²) in [5.74, 6) is 1.39. The summed E-state index contributed by atoms with van der Waals surface area (Å²) in [7, 11) is 0. The molecular weight excluding hydrogens is 272 g/mol. The summed E-state index contributed by atoms with van der Waals surface area (Å²) in [4.78, 5) is 0. The summed E-state index contributed by atoms with van der Waals surface area (Å²) in [5, 5.41) is 11.1. The molecule has 0 aliphatic carbocycles. The van der Waals surface area contributed by atoms with Gasteiger partial charge in [0.1, 0.15) is 5.76 Å². The average molecular weight is 286 g/mol. The molecule has 0 aliphatic heterocycles. The first kappa shape index (κ1) is 12.8. The molecule has 2 aromatic heterocycles. The highest BCUT2D eigenvalue weighted by molar-refractivity contribution is 7.71. The number of hydrogen-bond donors (Lipinski definition) is 1. The highest BCUT2D eigenvalue weighted by Gasteiger charge is 2.15. The maximum absolute atomic E-state index is 5.35.